The molecule has 0 amide bonds. The third-order valence-electron chi connectivity index (χ3n) is 4.97. The quantitative estimate of drug-likeness (QED) is 0.538. The molecule has 1 aromatic carbocycles. The maximum atomic E-state index is 12.0. The van der Waals surface area contributed by atoms with E-state index in [2.05, 4.69) is 30.6 Å². The molecular weight excluding hydrogens is 302 g/mol. The van der Waals surface area contributed by atoms with Crippen molar-refractivity contribution in [3.05, 3.63) is 29.8 Å². The lowest BCUT2D eigenvalue weighted by Crippen LogP contribution is -2.26. The molecule has 1 saturated heterocycles. The molecular formula is C19H27N3O2. The van der Waals surface area contributed by atoms with E-state index in [-0.39, 0.29) is 17.5 Å². The largest absolute Gasteiger partial charge is 0.462 e. The van der Waals surface area contributed by atoms with Crippen LogP contribution >= 0.6 is 0 Å². The van der Waals surface area contributed by atoms with Gasteiger partial charge in [-0.2, -0.15) is 5.26 Å². The van der Waals surface area contributed by atoms with E-state index in [4.69, 9.17) is 10.00 Å². The average molecular weight is 329 g/mol. The minimum Gasteiger partial charge on any atom is -0.462 e. The molecule has 0 radical (unpaired) electrons. The van der Waals surface area contributed by atoms with E-state index in [9.17, 15) is 4.79 Å². The molecule has 5 nitrogen and oxygen atoms in total. The Balaban J connectivity index is 1.60. The summed E-state index contributed by atoms with van der Waals surface area (Å²) in [5.74, 6) is -0.0139. The van der Waals surface area contributed by atoms with Gasteiger partial charge in [-0.1, -0.05) is 13.8 Å². The molecule has 0 spiro atoms. The molecule has 24 heavy (non-hydrogen) atoms. The van der Waals surface area contributed by atoms with Crippen molar-refractivity contribution in [2.45, 2.75) is 45.6 Å². The Kier molecular flexibility index (Phi) is 6.62. The van der Waals surface area contributed by atoms with E-state index < -0.39 is 0 Å². The zero-order valence-electron chi connectivity index (χ0n) is 14.6. The number of nitriles is 1. The number of carbonyl (C=O) groups excluding carboxylic acids is 1. The first-order chi connectivity index (χ1) is 11.6. The Morgan fingerprint density at radius 3 is 2.50 bits per heavy atom. The number of carbonyl (C=O) groups is 1. The first-order valence-electron chi connectivity index (χ1n) is 8.79. The van der Waals surface area contributed by atoms with Gasteiger partial charge in [-0.25, -0.2) is 0 Å². The second-order valence-corrected chi connectivity index (χ2v) is 6.37. The Morgan fingerprint density at radius 2 is 1.92 bits per heavy atom. The third kappa shape index (κ3) is 4.48. The number of anilines is 1. The van der Waals surface area contributed by atoms with E-state index >= 15 is 0 Å². The highest BCUT2D eigenvalue weighted by atomic mass is 16.6. The van der Waals surface area contributed by atoms with Gasteiger partial charge in [0, 0.05) is 25.2 Å². The minimum absolute atomic E-state index is 0.0139. The number of nitrogens with zero attached hydrogens (tertiary/aromatic N) is 1. The number of ether oxygens (including phenoxy) is 1. The summed E-state index contributed by atoms with van der Waals surface area (Å²) in [6.07, 6.45) is 3.49. The van der Waals surface area contributed by atoms with Crippen molar-refractivity contribution in [2.24, 2.45) is 5.41 Å². The summed E-state index contributed by atoms with van der Waals surface area (Å²) >= 11 is 0. The fourth-order valence-corrected chi connectivity index (χ4v) is 3.17. The second-order valence-electron chi connectivity index (χ2n) is 6.37. The summed E-state index contributed by atoms with van der Waals surface area (Å²) in [6, 6.07) is 9.53. The molecule has 1 heterocycles. The Labute approximate surface area is 144 Å². The molecule has 1 atom stereocenters. The first-order valence-corrected chi connectivity index (χ1v) is 8.79. The van der Waals surface area contributed by atoms with Crippen molar-refractivity contribution in [2.75, 3.05) is 25.0 Å². The molecule has 2 N–H and O–H groups in total. The van der Waals surface area contributed by atoms with Crippen molar-refractivity contribution in [3.63, 3.8) is 0 Å². The SMILES string of the molecule is CCC1(CC)CC(CCNCCNc2ccc(C#N)cc2)OC1=O. The van der Waals surface area contributed by atoms with Crippen LogP contribution < -0.4 is 10.6 Å². The molecule has 5 heteroatoms. The summed E-state index contributed by atoms with van der Waals surface area (Å²) in [6.45, 7) is 6.63. The van der Waals surface area contributed by atoms with E-state index in [1.54, 1.807) is 12.1 Å². The lowest BCUT2D eigenvalue weighted by molar-refractivity contribution is -0.149. The molecule has 1 fully saturated rings. The molecule has 0 bridgehead atoms. The lowest BCUT2D eigenvalue weighted by atomic mass is 9.79. The Bertz CT molecular complexity index is 573. The molecule has 1 aromatic rings. The number of hydrogen-bond acceptors (Lipinski definition) is 5. The minimum atomic E-state index is -0.248. The predicted octanol–water partition coefficient (Wildman–Crippen LogP) is 3.07. The van der Waals surface area contributed by atoms with Crippen LogP contribution in [0.4, 0.5) is 5.69 Å². The molecule has 2 rings (SSSR count). The number of benzene rings is 1. The van der Waals surface area contributed by atoms with Gasteiger partial charge in [0.05, 0.1) is 17.0 Å². The number of esters is 1. The number of nitrogens with one attached hydrogen (secondary N) is 2. The van der Waals surface area contributed by atoms with Crippen LogP contribution in [0.1, 0.15) is 45.1 Å². The van der Waals surface area contributed by atoms with Crippen molar-refractivity contribution >= 4 is 11.7 Å². The van der Waals surface area contributed by atoms with Gasteiger partial charge in [0.2, 0.25) is 0 Å². The van der Waals surface area contributed by atoms with Crippen molar-refractivity contribution in [3.8, 4) is 6.07 Å². The Morgan fingerprint density at radius 1 is 1.21 bits per heavy atom. The molecule has 0 aliphatic carbocycles. The fourth-order valence-electron chi connectivity index (χ4n) is 3.17. The van der Waals surface area contributed by atoms with Gasteiger partial charge in [0.1, 0.15) is 6.10 Å². The Hall–Kier alpha value is -2.06. The number of cyclic esters (lactones) is 1. The molecule has 0 saturated carbocycles. The van der Waals surface area contributed by atoms with E-state index in [1.807, 2.05) is 12.1 Å². The van der Waals surface area contributed by atoms with E-state index in [0.717, 1.165) is 51.0 Å². The molecule has 130 valence electrons. The van der Waals surface area contributed by atoms with Gasteiger partial charge in [-0.15, -0.1) is 0 Å². The van der Waals surface area contributed by atoms with Gasteiger partial charge >= 0.3 is 5.97 Å². The summed E-state index contributed by atoms with van der Waals surface area (Å²) < 4.78 is 5.54. The summed E-state index contributed by atoms with van der Waals surface area (Å²) in [5, 5.41) is 15.4. The maximum absolute atomic E-state index is 12.0. The van der Waals surface area contributed by atoms with Gasteiger partial charge in [-0.05, 0) is 50.1 Å². The van der Waals surface area contributed by atoms with Crippen molar-refractivity contribution in [1.82, 2.24) is 5.32 Å². The van der Waals surface area contributed by atoms with Gasteiger partial charge in [0.15, 0.2) is 0 Å². The van der Waals surface area contributed by atoms with Gasteiger partial charge < -0.3 is 15.4 Å². The molecule has 1 aliphatic rings. The third-order valence-corrected chi connectivity index (χ3v) is 4.97. The normalized spacial score (nSPS) is 18.9. The fraction of sp³-hybridized carbons (Fsp3) is 0.579. The smallest absolute Gasteiger partial charge is 0.312 e. The van der Waals surface area contributed by atoms with Crippen LogP contribution in [0.5, 0.6) is 0 Å². The highest BCUT2D eigenvalue weighted by molar-refractivity contribution is 5.78. The van der Waals surface area contributed by atoms with Crippen molar-refractivity contribution in [1.29, 1.82) is 5.26 Å². The van der Waals surface area contributed by atoms with Crippen molar-refractivity contribution < 1.29 is 9.53 Å². The van der Waals surface area contributed by atoms with Gasteiger partial charge in [-0.3, -0.25) is 4.79 Å². The molecule has 1 unspecified atom stereocenters. The highest BCUT2D eigenvalue weighted by Crippen LogP contribution is 2.40. The summed E-state index contributed by atoms with van der Waals surface area (Å²) in [5.41, 5.74) is 1.43. The van der Waals surface area contributed by atoms with Crippen LogP contribution in [0.15, 0.2) is 24.3 Å². The lowest BCUT2D eigenvalue weighted by Gasteiger charge is -2.20. The van der Waals surface area contributed by atoms with Crippen LogP contribution in [0.25, 0.3) is 0 Å². The zero-order chi connectivity index (χ0) is 17.4. The van der Waals surface area contributed by atoms with E-state index in [0.29, 0.717) is 5.56 Å². The number of hydrogen-bond donors (Lipinski definition) is 2. The average Bonchev–Trinajstić information content (AvgIpc) is 2.94. The van der Waals surface area contributed by atoms with Crippen LogP contribution in [0.3, 0.4) is 0 Å². The number of rotatable bonds is 9. The maximum Gasteiger partial charge on any atom is 0.312 e. The summed E-state index contributed by atoms with van der Waals surface area (Å²) in [4.78, 5) is 12.0. The van der Waals surface area contributed by atoms with Gasteiger partial charge in [0.25, 0.3) is 0 Å². The second kappa shape index (κ2) is 8.70. The zero-order valence-corrected chi connectivity index (χ0v) is 14.6. The highest BCUT2D eigenvalue weighted by Gasteiger charge is 2.45. The summed E-state index contributed by atoms with van der Waals surface area (Å²) in [7, 11) is 0. The standard InChI is InChI=1S/C19H27N3O2/c1-3-19(4-2)13-17(24-18(19)23)9-10-21-11-12-22-16-7-5-15(14-20)6-8-16/h5-8,17,21-22H,3-4,9-13H2,1-2H3. The van der Waals surface area contributed by atoms with Crippen LogP contribution in [0, 0.1) is 16.7 Å². The van der Waals surface area contributed by atoms with Crippen LogP contribution in [0.2, 0.25) is 0 Å². The molecule has 1 aliphatic heterocycles. The predicted molar refractivity (Wildman–Crippen MR) is 94.6 cm³/mol. The van der Waals surface area contributed by atoms with Crippen LogP contribution in [-0.2, 0) is 9.53 Å². The van der Waals surface area contributed by atoms with Crippen LogP contribution in [-0.4, -0.2) is 31.7 Å². The monoisotopic (exact) mass is 329 g/mol. The molecule has 0 aromatic heterocycles. The first kappa shape index (κ1) is 18.3. The van der Waals surface area contributed by atoms with E-state index in [1.165, 1.54) is 0 Å². The topological polar surface area (TPSA) is 74.2 Å².